The fourth-order valence-corrected chi connectivity index (χ4v) is 3.32. The SMILES string of the molecule is CCNC(c1cnnn1C)C1CCc2ccccc2C1. The first-order valence-electron chi connectivity index (χ1n) is 7.44. The van der Waals surface area contributed by atoms with Gasteiger partial charge in [0.05, 0.1) is 17.9 Å². The Balaban J connectivity index is 1.85. The number of aryl methyl sites for hydroxylation is 2. The van der Waals surface area contributed by atoms with Crippen LogP contribution in [0.5, 0.6) is 0 Å². The molecule has 1 heterocycles. The van der Waals surface area contributed by atoms with E-state index in [2.05, 4.69) is 46.8 Å². The standard InChI is InChI=1S/C16H22N4/c1-3-17-16(15-11-18-19-20(15)2)14-9-8-12-6-4-5-7-13(12)10-14/h4-7,11,14,16-17H,3,8-10H2,1-2H3. The van der Waals surface area contributed by atoms with Crippen molar-refractivity contribution in [2.45, 2.75) is 32.2 Å². The molecule has 0 aliphatic heterocycles. The second-order valence-corrected chi connectivity index (χ2v) is 5.59. The van der Waals surface area contributed by atoms with Crippen molar-refractivity contribution in [1.82, 2.24) is 20.3 Å². The molecule has 1 N–H and O–H groups in total. The number of nitrogens with zero attached hydrogens (tertiary/aromatic N) is 3. The van der Waals surface area contributed by atoms with Gasteiger partial charge in [0, 0.05) is 7.05 Å². The number of hydrogen-bond acceptors (Lipinski definition) is 3. The predicted octanol–water partition coefficient (Wildman–Crippen LogP) is 2.27. The summed E-state index contributed by atoms with van der Waals surface area (Å²) in [5.74, 6) is 0.613. The minimum atomic E-state index is 0.341. The number of fused-ring (bicyclic) bond motifs is 1. The highest BCUT2D eigenvalue weighted by Gasteiger charge is 2.28. The molecule has 3 rings (SSSR count). The van der Waals surface area contributed by atoms with Crippen LogP contribution in [0.4, 0.5) is 0 Å². The lowest BCUT2D eigenvalue weighted by molar-refractivity contribution is 0.317. The van der Waals surface area contributed by atoms with Gasteiger partial charge in [-0.15, -0.1) is 5.10 Å². The second kappa shape index (κ2) is 5.75. The quantitative estimate of drug-likeness (QED) is 0.927. The van der Waals surface area contributed by atoms with Crippen LogP contribution in [0.25, 0.3) is 0 Å². The molecule has 2 aromatic rings. The molecule has 0 spiro atoms. The van der Waals surface area contributed by atoms with Crippen LogP contribution >= 0.6 is 0 Å². The van der Waals surface area contributed by atoms with E-state index in [1.54, 1.807) is 0 Å². The molecule has 1 aliphatic carbocycles. The Hall–Kier alpha value is -1.68. The molecule has 20 heavy (non-hydrogen) atoms. The molecule has 1 aromatic heterocycles. The molecule has 4 heteroatoms. The highest BCUT2D eigenvalue weighted by atomic mass is 15.4. The van der Waals surface area contributed by atoms with Gasteiger partial charge in [-0.25, -0.2) is 0 Å². The Bertz CT molecular complexity index is 575. The largest absolute Gasteiger partial charge is 0.309 e. The van der Waals surface area contributed by atoms with Crippen molar-refractivity contribution in [1.29, 1.82) is 0 Å². The maximum atomic E-state index is 4.09. The van der Waals surface area contributed by atoms with Crippen molar-refractivity contribution in [2.24, 2.45) is 13.0 Å². The minimum absolute atomic E-state index is 0.341. The molecule has 0 saturated carbocycles. The van der Waals surface area contributed by atoms with E-state index in [-0.39, 0.29) is 0 Å². The van der Waals surface area contributed by atoms with Crippen molar-refractivity contribution in [3.8, 4) is 0 Å². The third-order valence-electron chi connectivity index (χ3n) is 4.35. The summed E-state index contributed by atoms with van der Waals surface area (Å²) < 4.78 is 1.90. The van der Waals surface area contributed by atoms with Gasteiger partial charge in [-0.2, -0.15) is 0 Å². The minimum Gasteiger partial charge on any atom is -0.309 e. The van der Waals surface area contributed by atoms with Crippen LogP contribution in [0, 0.1) is 5.92 Å². The van der Waals surface area contributed by atoms with Crippen LogP contribution < -0.4 is 5.32 Å². The van der Waals surface area contributed by atoms with Crippen molar-refractivity contribution in [3.63, 3.8) is 0 Å². The first-order valence-corrected chi connectivity index (χ1v) is 7.44. The Labute approximate surface area is 120 Å². The van der Waals surface area contributed by atoms with Gasteiger partial charge in [0.1, 0.15) is 0 Å². The van der Waals surface area contributed by atoms with E-state index >= 15 is 0 Å². The fraction of sp³-hybridized carbons (Fsp3) is 0.500. The van der Waals surface area contributed by atoms with E-state index in [1.807, 2.05) is 17.9 Å². The van der Waals surface area contributed by atoms with Crippen molar-refractivity contribution in [2.75, 3.05) is 6.54 Å². The average Bonchev–Trinajstić information content (AvgIpc) is 2.90. The summed E-state index contributed by atoms with van der Waals surface area (Å²) in [6.07, 6.45) is 5.43. The normalized spacial score (nSPS) is 19.6. The molecular weight excluding hydrogens is 248 g/mol. The average molecular weight is 270 g/mol. The summed E-state index contributed by atoms with van der Waals surface area (Å²) in [4.78, 5) is 0. The summed E-state index contributed by atoms with van der Waals surface area (Å²) >= 11 is 0. The van der Waals surface area contributed by atoms with Gasteiger partial charge in [0.2, 0.25) is 0 Å². The zero-order valence-electron chi connectivity index (χ0n) is 12.2. The molecule has 1 aliphatic rings. The number of aromatic nitrogens is 3. The topological polar surface area (TPSA) is 42.7 Å². The van der Waals surface area contributed by atoms with Crippen LogP contribution in [0.1, 0.15) is 36.2 Å². The van der Waals surface area contributed by atoms with E-state index in [0.29, 0.717) is 12.0 Å². The van der Waals surface area contributed by atoms with Crippen LogP contribution in [0.3, 0.4) is 0 Å². The Morgan fingerprint density at radius 1 is 1.35 bits per heavy atom. The monoisotopic (exact) mass is 270 g/mol. The third-order valence-corrected chi connectivity index (χ3v) is 4.35. The van der Waals surface area contributed by atoms with Crippen LogP contribution in [-0.2, 0) is 19.9 Å². The van der Waals surface area contributed by atoms with Crippen LogP contribution in [0.2, 0.25) is 0 Å². The van der Waals surface area contributed by atoms with E-state index in [9.17, 15) is 0 Å². The molecule has 0 radical (unpaired) electrons. The molecule has 1 aromatic carbocycles. The van der Waals surface area contributed by atoms with Crippen molar-refractivity contribution < 1.29 is 0 Å². The van der Waals surface area contributed by atoms with Crippen molar-refractivity contribution in [3.05, 3.63) is 47.3 Å². The zero-order chi connectivity index (χ0) is 13.9. The summed E-state index contributed by atoms with van der Waals surface area (Å²) in [5.41, 5.74) is 4.21. The number of rotatable bonds is 4. The summed E-state index contributed by atoms with van der Waals surface area (Å²) in [7, 11) is 1.98. The van der Waals surface area contributed by atoms with Gasteiger partial charge < -0.3 is 5.32 Å². The highest BCUT2D eigenvalue weighted by Crippen LogP contribution is 2.33. The first kappa shape index (κ1) is 13.3. The van der Waals surface area contributed by atoms with Gasteiger partial charge in [0.15, 0.2) is 0 Å². The lowest BCUT2D eigenvalue weighted by Gasteiger charge is -2.32. The molecule has 4 nitrogen and oxygen atoms in total. The smallest absolute Gasteiger partial charge is 0.0756 e. The molecule has 106 valence electrons. The van der Waals surface area contributed by atoms with Gasteiger partial charge in [-0.1, -0.05) is 36.4 Å². The lowest BCUT2D eigenvalue weighted by atomic mass is 9.79. The van der Waals surface area contributed by atoms with Crippen LogP contribution in [0.15, 0.2) is 30.5 Å². The third kappa shape index (κ3) is 2.48. The van der Waals surface area contributed by atoms with Crippen LogP contribution in [-0.4, -0.2) is 21.5 Å². The van der Waals surface area contributed by atoms with Crippen molar-refractivity contribution >= 4 is 0 Å². The second-order valence-electron chi connectivity index (χ2n) is 5.59. The summed E-state index contributed by atoms with van der Waals surface area (Å²) in [5, 5.41) is 11.7. The maximum absolute atomic E-state index is 4.09. The Morgan fingerprint density at radius 3 is 2.85 bits per heavy atom. The van der Waals surface area contributed by atoms with E-state index in [4.69, 9.17) is 0 Å². The van der Waals surface area contributed by atoms with Gasteiger partial charge in [-0.05, 0) is 42.9 Å². The highest BCUT2D eigenvalue weighted by molar-refractivity contribution is 5.30. The summed E-state index contributed by atoms with van der Waals surface area (Å²) in [6.45, 7) is 3.13. The maximum Gasteiger partial charge on any atom is 0.0756 e. The van der Waals surface area contributed by atoms with Gasteiger partial charge in [0.25, 0.3) is 0 Å². The Kier molecular flexibility index (Phi) is 3.83. The summed E-state index contributed by atoms with van der Waals surface area (Å²) in [6, 6.07) is 9.17. The van der Waals surface area contributed by atoms with Gasteiger partial charge >= 0.3 is 0 Å². The fourth-order valence-electron chi connectivity index (χ4n) is 3.32. The lowest BCUT2D eigenvalue weighted by Crippen LogP contribution is -2.33. The number of nitrogens with one attached hydrogen (secondary N) is 1. The molecule has 0 amide bonds. The molecular formula is C16H22N4. The Morgan fingerprint density at radius 2 is 2.15 bits per heavy atom. The number of benzene rings is 1. The number of hydrogen-bond donors (Lipinski definition) is 1. The first-order chi connectivity index (χ1) is 9.79. The van der Waals surface area contributed by atoms with Gasteiger partial charge in [-0.3, -0.25) is 4.68 Å². The molecule has 0 fully saturated rings. The zero-order valence-corrected chi connectivity index (χ0v) is 12.2. The molecule has 0 saturated heterocycles. The molecule has 0 bridgehead atoms. The molecule has 2 unspecified atom stereocenters. The van der Waals surface area contributed by atoms with E-state index in [1.165, 1.54) is 29.7 Å². The molecule has 2 atom stereocenters. The van der Waals surface area contributed by atoms with E-state index in [0.717, 1.165) is 13.0 Å². The van der Waals surface area contributed by atoms with E-state index < -0.39 is 0 Å². The predicted molar refractivity (Wildman–Crippen MR) is 79.4 cm³/mol.